The number of hydrogen-bond acceptors (Lipinski definition) is 3. The van der Waals surface area contributed by atoms with Gasteiger partial charge in [0.2, 0.25) is 5.91 Å². The third-order valence-electron chi connectivity index (χ3n) is 3.25. The lowest BCUT2D eigenvalue weighted by Gasteiger charge is -2.08. The van der Waals surface area contributed by atoms with E-state index < -0.39 is 0 Å². The number of pyridine rings is 2. The molecule has 0 unspecified atom stereocenters. The first-order valence-corrected chi connectivity index (χ1v) is 6.75. The maximum absolute atomic E-state index is 11.1. The molecule has 1 aromatic carbocycles. The molecule has 21 heavy (non-hydrogen) atoms. The highest BCUT2D eigenvalue weighted by atomic mass is 16.1. The molecule has 0 spiro atoms. The van der Waals surface area contributed by atoms with Crippen LogP contribution >= 0.6 is 0 Å². The molecule has 0 radical (unpaired) electrons. The summed E-state index contributed by atoms with van der Waals surface area (Å²) in [6.07, 6.45) is 0. The number of hydrogen-bond donors (Lipinski definition) is 1. The van der Waals surface area contributed by atoms with Crippen molar-refractivity contribution in [2.75, 3.05) is 5.32 Å². The summed E-state index contributed by atoms with van der Waals surface area (Å²) >= 11 is 0. The highest BCUT2D eigenvalue weighted by molar-refractivity contribution is 5.90. The van der Waals surface area contributed by atoms with Crippen molar-refractivity contribution >= 4 is 22.8 Å². The van der Waals surface area contributed by atoms with Gasteiger partial charge in [-0.2, -0.15) is 0 Å². The molecule has 0 fully saturated rings. The summed E-state index contributed by atoms with van der Waals surface area (Å²) in [5.74, 6) is 0.380. The lowest BCUT2D eigenvalue weighted by atomic mass is 10.1. The van der Waals surface area contributed by atoms with Crippen molar-refractivity contribution < 1.29 is 4.79 Å². The van der Waals surface area contributed by atoms with Crippen LogP contribution < -0.4 is 5.32 Å². The fourth-order valence-electron chi connectivity index (χ4n) is 2.28. The van der Waals surface area contributed by atoms with E-state index in [9.17, 15) is 4.79 Å². The predicted octanol–water partition coefficient (Wildman–Crippen LogP) is 3.56. The van der Waals surface area contributed by atoms with Gasteiger partial charge in [-0.3, -0.25) is 4.79 Å². The van der Waals surface area contributed by atoms with E-state index in [0.717, 1.165) is 22.2 Å². The normalized spacial score (nSPS) is 10.6. The Morgan fingerprint density at radius 3 is 2.52 bits per heavy atom. The summed E-state index contributed by atoms with van der Waals surface area (Å²) in [5.41, 5.74) is 3.68. The molecule has 4 heteroatoms. The van der Waals surface area contributed by atoms with Crippen molar-refractivity contribution in [3.63, 3.8) is 0 Å². The van der Waals surface area contributed by atoms with Crippen LogP contribution in [0.2, 0.25) is 0 Å². The zero-order valence-corrected chi connectivity index (χ0v) is 11.9. The Bertz CT molecular complexity index is 813. The van der Waals surface area contributed by atoms with Gasteiger partial charge in [-0.25, -0.2) is 9.97 Å². The number of rotatable bonds is 2. The minimum atomic E-state index is -0.141. The molecule has 0 bridgehead atoms. The number of aromatic nitrogens is 2. The second-order valence-electron chi connectivity index (χ2n) is 4.94. The number of anilines is 1. The van der Waals surface area contributed by atoms with E-state index in [-0.39, 0.29) is 5.91 Å². The third-order valence-corrected chi connectivity index (χ3v) is 3.25. The Labute approximate surface area is 122 Å². The third kappa shape index (κ3) is 2.74. The lowest BCUT2D eigenvalue weighted by molar-refractivity contribution is -0.114. The number of aryl methyl sites for hydroxylation is 1. The molecule has 0 atom stereocenters. The summed E-state index contributed by atoms with van der Waals surface area (Å²) in [6, 6.07) is 15.8. The number of fused-ring (bicyclic) bond motifs is 1. The van der Waals surface area contributed by atoms with Crippen LogP contribution in [0.3, 0.4) is 0 Å². The number of amides is 1. The summed E-state index contributed by atoms with van der Waals surface area (Å²) in [4.78, 5) is 20.2. The van der Waals surface area contributed by atoms with Gasteiger partial charge in [0.25, 0.3) is 0 Å². The number of benzene rings is 1. The van der Waals surface area contributed by atoms with Gasteiger partial charge < -0.3 is 5.32 Å². The number of carbonyl (C=O) groups is 1. The zero-order chi connectivity index (χ0) is 14.8. The van der Waals surface area contributed by atoms with Crippen molar-refractivity contribution in [2.45, 2.75) is 13.8 Å². The average molecular weight is 277 g/mol. The molecule has 0 aliphatic carbocycles. The molecular weight excluding hydrogens is 262 g/mol. The zero-order valence-electron chi connectivity index (χ0n) is 11.9. The van der Waals surface area contributed by atoms with Crippen LogP contribution in [0.1, 0.15) is 12.5 Å². The molecule has 0 saturated carbocycles. The highest BCUT2D eigenvalue weighted by Gasteiger charge is 2.07. The summed E-state index contributed by atoms with van der Waals surface area (Å²) < 4.78 is 0. The van der Waals surface area contributed by atoms with E-state index >= 15 is 0 Å². The Balaban J connectivity index is 2.14. The van der Waals surface area contributed by atoms with Crippen LogP contribution in [-0.2, 0) is 4.79 Å². The van der Waals surface area contributed by atoms with Gasteiger partial charge in [-0.15, -0.1) is 0 Å². The fraction of sp³-hybridized carbons (Fsp3) is 0.118. The smallest absolute Gasteiger partial charge is 0.222 e. The van der Waals surface area contributed by atoms with Crippen molar-refractivity contribution in [1.29, 1.82) is 0 Å². The number of nitrogens with zero attached hydrogens (tertiary/aromatic N) is 2. The van der Waals surface area contributed by atoms with Crippen molar-refractivity contribution in [1.82, 2.24) is 9.97 Å². The SMILES string of the molecule is CC(=O)Nc1ccc2c(C)cc(-c3ccccc3)nc2n1. The van der Waals surface area contributed by atoms with E-state index in [4.69, 9.17) is 0 Å². The second kappa shape index (κ2) is 5.32. The molecule has 1 amide bonds. The van der Waals surface area contributed by atoms with Crippen molar-refractivity contribution in [3.05, 3.63) is 54.1 Å². The predicted molar refractivity (Wildman–Crippen MR) is 84.0 cm³/mol. The van der Waals surface area contributed by atoms with Crippen molar-refractivity contribution in [2.24, 2.45) is 0 Å². The molecule has 0 aliphatic heterocycles. The summed E-state index contributed by atoms with van der Waals surface area (Å²) in [6.45, 7) is 3.50. The van der Waals surface area contributed by atoms with Crippen LogP contribution in [0.5, 0.6) is 0 Å². The van der Waals surface area contributed by atoms with Crippen LogP contribution in [0.4, 0.5) is 5.82 Å². The first-order chi connectivity index (χ1) is 10.1. The minimum Gasteiger partial charge on any atom is -0.311 e. The van der Waals surface area contributed by atoms with Gasteiger partial charge in [0, 0.05) is 17.9 Å². The summed E-state index contributed by atoms with van der Waals surface area (Å²) in [5, 5.41) is 3.68. The van der Waals surface area contributed by atoms with E-state index in [1.54, 1.807) is 6.07 Å². The minimum absolute atomic E-state index is 0.141. The van der Waals surface area contributed by atoms with E-state index in [1.165, 1.54) is 6.92 Å². The van der Waals surface area contributed by atoms with Crippen LogP contribution in [0.25, 0.3) is 22.3 Å². The van der Waals surface area contributed by atoms with Crippen LogP contribution in [0, 0.1) is 6.92 Å². The molecule has 2 heterocycles. The Morgan fingerprint density at radius 1 is 1.05 bits per heavy atom. The van der Waals surface area contributed by atoms with Gasteiger partial charge in [0.1, 0.15) is 5.82 Å². The molecule has 0 aliphatic rings. The van der Waals surface area contributed by atoms with Gasteiger partial charge in [0.15, 0.2) is 5.65 Å². The molecule has 1 N–H and O–H groups in total. The largest absolute Gasteiger partial charge is 0.311 e. The van der Waals surface area contributed by atoms with Crippen LogP contribution in [-0.4, -0.2) is 15.9 Å². The standard InChI is InChI=1S/C17H15N3O/c1-11-10-15(13-6-4-3-5-7-13)19-17-14(11)8-9-16(20-17)18-12(2)21/h3-10H,1-2H3,(H,18,19,20,21). The maximum Gasteiger partial charge on any atom is 0.222 e. The van der Waals surface area contributed by atoms with E-state index in [1.807, 2.05) is 43.3 Å². The number of carbonyl (C=O) groups excluding carboxylic acids is 1. The molecule has 2 aromatic heterocycles. The first-order valence-electron chi connectivity index (χ1n) is 6.75. The van der Waals surface area contributed by atoms with E-state index in [2.05, 4.69) is 21.4 Å². The number of nitrogens with one attached hydrogen (secondary N) is 1. The quantitative estimate of drug-likeness (QED) is 0.779. The molecule has 104 valence electrons. The van der Waals surface area contributed by atoms with Gasteiger partial charge in [-0.05, 0) is 30.7 Å². The average Bonchev–Trinajstić information content (AvgIpc) is 2.47. The Hall–Kier alpha value is -2.75. The topological polar surface area (TPSA) is 54.9 Å². The van der Waals surface area contributed by atoms with Gasteiger partial charge >= 0.3 is 0 Å². The summed E-state index contributed by atoms with van der Waals surface area (Å²) in [7, 11) is 0. The Kier molecular flexibility index (Phi) is 3.36. The lowest BCUT2D eigenvalue weighted by Crippen LogP contribution is -2.07. The molecular formula is C17H15N3O. The highest BCUT2D eigenvalue weighted by Crippen LogP contribution is 2.24. The molecule has 3 rings (SSSR count). The second-order valence-corrected chi connectivity index (χ2v) is 4.94. The maximum atomic E-state index is 11.1. The van der Waals surface area contributed by atoms with Gasteiger partial charge in [-0.1, -0.05) is 30.3 Å². The van der Waals surface area contributed by atoms with Crippen molar-refractivity contribution in [3.8, 4) is 11.3 Å². The molecule has 0 saturated heterocycles. The molecule has 3 aromatic rings. The first kappa shape index (κ1) is 13.2. The van der Waals surface area contributed by atoms with Crippen LogP contribution in [0.15, 0.2) is 48.5 Å². The molecule has 4 nitrogen and oxygen atoms in total. The van der Waals surface area contributed by atoms with Gasteiger partial charge in [0.05, 0.1) is 5.69 Å². The monoisotopic (exact) mass is 277 g/mol. The fourth-order valence-corrected chi connectivity index (χ4v) is 2.28. The Morgan fingerprint density at radius 2 is 1.81 bits per heavy atom. The van der Waals surface area contributed by atoms with E-state index in [0.29, 0.717) is 11.5 Å².